The van der Waals surface area contributed by atoms with Gasteiger partial charge in [-0.15, -0.1) is 0 Å². The molecule has 0 bridgehead atoms. The van der Waals surface area contributed by atoms with Gasteiger partial charge in [0.25, 0.3) is 0 Å². The molecule has 1 heterocycles. The molecule has 0 spiro atoms. The third-order valence-electron chi connectivity index (χ3n) is 18.3. The molecule has 12 unspecified atom stereocenters. The molecule has 6 aliphatic carbocycles. The van der Waals surface area contributed by atoms with Gasteiger partial charge in [0.15, 0.2) is 5.78 Å². The Kier molecular flexibility index (Phi) is 15.8. The normalized spacial score (nSPS) is 38.1. The number of fused-ring (bicyclic) bond motifs is 7. The predicted octanol–water partition coefficient (Wildman–Crippen LogP) is 9.54. The zero-order valence-electron chi connectivity index (χ0n) is 38.4. The molecule has 5 saturated carbocycles. The quantitative estimate of drug-likeness (QED) is 0.141. The molecule has 0 amide bonds. The van der Waals surface area contributed by atoms with Gasteiger partial charge in [0.1, 0.15) is 24.4 Å². The van der Waals surface area contributed by atoms with Gasteiger partial charge in [-0.2, -0.15) is 0 Å². The van der Waals surface area contributed by atoms with E-state index in [2.05, 4.69) is 57.8 Å². The lowest BCUT2D eigenvalue weighted by Gasteiger charge is -2.67. The summed E-state index contributed by atoms with van der Waals surface area (Å²) in [7, 11) is 1.00. The summed E-state index contributed by atoms with van der Waals surface area (Å²) in [4.78, 5) is 41.4. The SMILES string of the molecule is CC(C)C1=C2C3CCC4C(C)(CCC5C(C)C(CC(=O)C6CC(C=O)C6C)CCC54C)C3CCC2(CCNCc2ccc(Cl)cc2OCCN2CCOCC2)CC1=O.CO.F. The van der Waals surface area contributed by atoms with E-state index in [0.717, 1.165) is 89.8 Å². The minimum atomic E-state index is -0.0323. The molecule has 8 nitrogen and oxygen atoms in total. The van der Waals surface area contributed by atoms with Crippen LogP contribution in [-0.2, 0) is 25.7 Å². The van der Waals surface area contributed by atoms with Crippen LogP contribution in [0.3, 0.4) is 0 Å². The first-order valence-electron chi connectivity index (χ1n) is 23.9. The average molecular weight is 870 g/mol. The molecular weight excluding hydrogens is 791 g/mol. The van der Waals surface area contributed by atoms with Crippen molar-refractivity contribution in [3.8, 4) is 5.75 Å². The number of nitrogens with one attached hydrogen (secondary N) is 1. The molecule has 0 aromatic heterocycles. The standard InChI is InChI=1S/C50H73ClN2O5.CH4O.FH/c1-31(2)46-43(56)28-50(17-18-52-29-35-7-8-37(51)27-44(35)58-24-21-53-19-22-57-23-20-53)16-13-41-38(47(46)50)9-10-45-48(5)14-11-34(33(4)40(48)12-15-49(41,45)6)26-42(55)39-25-36(30-54)32(39)3;1-2;/h7-8,27,30-34,36,38-41,45,52H,9-26,28-29H2,1-6H3;2H,1H3;1H. The third-order valence-corrected chi connectivity index (χ3v) is 18.5. The van der Waals surface area contributed by atoms with E-state index in [-0.39, 0.29) is 39.2 Å². The first kappa shape index (κ1) is 48.3. The molecule has 12 atom stereocenters. The van der Waals surface area contributed by atoms with Crippen LogP contribution in [0.5, 0.6) is 5.75 Å². The van der Waals surface area contributed by atoms with E-state index in [0.29, 0.717) is 83.5 Å². The van der Waals surface area contributed by atoms with Crippen LogP contribution >= 0.6 is 11.6 Å². The maximum atomic E-state index is 14.1. The predicted molar refractivity (Wildman–Crippen MR) is 241 cm³/mol. The smallest absolute Gasteiger partial charge is 0.159 e. The molecule has 8 rings (SSSR count). The topological polar surface area (TPSA) is 105 Å². The number of hydrogen-bond donors (Lipinski definition) is 2. The Morgan fingerprint density at radius 2 is 1.72 bits per heavy atom. The average Bonchev–Trinajstić information content (AvgIpc) is 3.54. The van der Waals surface area contributed by atoms with Gasteiger partial charge in [-0.05, 0) is 147 Å². The highest BCUT2D eigenvalue weighted by Gasteiger charge is 2.64. The summed E-state index contributed by atoms with van der Waals surface area (Å²) in [5.74, 6) is 5.86. The molecule has 1 aromatic carbocycles. The van der Waals surface area contributed by atoms with Crippen molar-refractivity contribution in [3.05, 3.63) is 39.9 Å². The number of aliphatic hydroxyl groups is 1. The minimum Gasteiger partial charge on any atom is -0.492 e. The van der Waals surface area contributed by atoms with Crippen molar-refractivity contribution < 1.29 is 33.7 Å². The highest BCUT2D eigenvalue weighted by Crippen LogP contribution is 2.72. The molecule has 0 radical (unpaired) electrons. The summed E-state index contributed by atoms with van der Waals surface area (Å²) < 4.78 is 11.8. The summed E-state index contributed by atoms with van der Waals surface area (Å²) in [6, 6.07) is 5.99. The lowest BCUT2D eigenvalue weighted by Crippen LogP contribution is -2.60. The fraction of sp³-hybridized carbons (Fsp3) is 0.784. The van der Waals surface area contributed by atoms with Crippen LogP contribution in [0.15, 0.2) is 29.3 Å². The Bertz CT molecular complexity index is 1750. The van der Waals surface area contributed by atoms with Crippen LogP contribution in [0.1, 0.15) is 124 Å². The van der Waals surface area contributed by atoms with E-state index in [4.69, 9.17) is 26.2 Å². The van der Waals surface area contributed by atoms with Gasteiger partial charge >= 0.3 is 0 Å². The van der Waals surface area contributed by atoms with Crippen molar-refractivity contribution in [2.24, 2.45) is 75.4 Å². The molecule has 342 valence electrons. The largest absolute Gasteiger partial charge is 0.492 e. The third kappa shape index (κ3) is 9.09. The van der Waals surface area contributed by atoms with Crippen molar-refractivity contribution in [3.63, 3.8) is 0 Å². The van der Waals surface area contributed by atoms with Crippen LogP contribution in [0.2, 0.25) is 5.02 Å². The molecule has 2 N–H and O–H groups in total. The number of benzene rings is 1. The number of nitrogens with zero attached hydrogens (tertiary/aromatic N) is 1. The lowest BCUT2D eigenvalue weighted by atomic mass is 9.37. The fourth-order valence-corrected chi connectivity index (χ4v) is 15.2. The number of carbonyl (C=O) groups is 3. The zero-order chi connectivity index (χ0) is 43.0. The number of ether oxygens (including phenoxy) is 2. The number of ketones is 2. The summed E-state index contributed by atoms with van der Waals surface area (Å²) in [5, 5.41) is 11.5. The number of aliphatic hydroxyl groups excluding tert-OH is 1. The second kappa shape index (κ2) is 19.9. The van der Waals surface area contributed by atoms with Gasteiger partial charge in [0, 0.05) is 74.0 Å². The number of carbonyl (C=O) groups excluding carboxylic acids is 3. The van der Waals surface area contributed by atoms with Crippen molar-refractivity contribution >= 4 is 29.5 Å². The van der Waals surface area contributed by atoms with Gasteiger partial charge in [-0.25, -0.2) is 0 Å². The summed E-state index contributed by atoms with van der Waals surface area (Å²) in [6.45, 7) is 21.0. The molecule has 7 aliphatic rings. The lowest BCUT2D eigenvalue weighted by molar-refractivity contribution is -0.172. The number of halogens is 2. The number of Topliss-reactive ketones (excluding diaryl/α,β-unsaturated/α-hetero) is 2. The first-order chi connectivity index (χ1) is 28.8. The first-order valence-corrected chi connectivity index (χ1v) is 24.3. The van der Waals surface area contributed by atoms with E-state index in [1.807, 2.05) is 12.1 Å². The van der Waals surface area contributed by atoms with E-state index in [1.165, 1.54) is 44.1 Å². The summed E-state index contributed by atoms with van der Waals surface area (Å²) in [5.41, 5.74) is 4.43. The number of hydrogen-bond acceptors (Lipinski definition) is 8. The van der Waals surface area contributed by atoms with E-state index >= 15 is 0 Å². The molecule has 1 aliphatic heterocycles. The Hall–Kier alpha value is -2.17. The summed E-state index contributed by atoms with van der Waals surface area (Å²) in [6.07, 6.45) is 14.0. The van der Waals surface area contributed by atoms with Crippen molar-refractivity contribution in [1.82, 2.24) is 10.2 Å². The van der Waals surface area contributed by atoms with Crippen LogP contribution in [0.25, 0.3) is 0 Å². The van der Waals surface area contributed by atoms with E-state index in [1.54, 1.807) is 5.57 Å². The van der Waals surface area contributed by atoms with Gasteiger partial charge in [0.2, 0.25) is 0 Å². The highest BCUT2D eigenvalue weighted by atomic mass is 35.5. The van der Waals surface area contributed by atoms with E-state index < -0.39 is 0 Å². The number of morpholine rings is 1. The highest BCUT2D eigenvalue weighted by molar-refractivity contribution is 6.30. The molecular formula is C51H78ClFN2O6. The maximum Gasteiger partial charge on any atom is 0.159 e. The van der Waals surface area contributed by atoms with Crippen molar-refractivity contribution in [1.29, 1.82) is 0 Å². The van der Waals surface area contributed by atoms with Crippen LogP contribution in [0.4, 0.5) is 4.70 Å². The van der Waals surface area contributed by atoms with Crippen molar-refractivity contribution in [2.45, 2.75) is 125 Å². The molecule has 1 saturated heterocycles. The van der Waals surface area contributed by atoms with Crippen molar-refractivity contribution in [2.75, 3.05) is 53.1 Å². The van der Waals surface area contributed by atoms with Gasteiger partial charge < -0.3 is 24.7 Å². The van der Waals surface area contributed by atoms with Crippen LogP contribution in [-0.4, -0.2) is 81.0 Å². The van der Waals surface area contributed by atoms with Gasteiger partial charge in [0.05, 0.1) is 13.2 Å². The van der Waals surface area contributed by atoms with Gasteiger partial charge in [-0.1, -0.05) is 64.8 Å². The Morgan fingerprint density at radius 1 is 1.02 bits per heavy atom. The van der Waals surface area contributed by atoms with E-state index in [9.17, 15) is 14.4 Å². The minimum absolute atomic E-state index is 0. The second-order valence-electron chi connectivity index (χ2n) is 21.2. The maximum absolute atomic E-state index is 14.1. The Labute approximate surface area is 371 Å². The second-order valence-corrected chi connectivity index (χ2v) is 21.6. The molecule has 10 heteroatoms. The Morgan fingerprint density at radius 3 is 2.43 bits per heavy atom. The zero-order valence-corrected chi connectivity index (χ0v) is 39.2. The monoisotopic (exact) mass is 869 g/mol. The number of aldehydes is 1. The van der Waals surface area contributed by atoms with Crippen LogP contribution < -0.4 is 10.1 Å². The van der Waals surface area contributed by atoms with Gasteiger partial charge in [-0.3, -0.25) is 19.2 Å². The molecule has 6 fully saturated rings. The fourth-order valence-electron chi connectivity index (χ4n) is 15.0. The molecule has 61 heavy (non-hydrogen) atoms. The Balaban J connectivity index is 0.00000204. The number of allylic oxidation sites excluding steroid dienone is 2. The summed E-state index contributed by atoms with van der Waals surface area (Å²) >= 11 is 6.44. The van der Waals surface area contributed by atoms with Crippen LogP contribution in [0, 0.1) is 75.4 Å². The number of rotatable bonds is 14. The molecule has 1 aromatic rings.